The van der Waals surface area contributed by atoms with Gasteiger partial charge in [0.05, 0.1) is 11.4 Å². The Labute approximate surface area is 132 Å². The molecule has 114 valence electrons. The van der Waals surface area contributed by atoms with Gasteiger partial charge >= 0.3 is 0 Å². The van der Waals surface area contributed by atoms with Crippen LogP contribution in [0, 0.1) is 0 Å². The first-order chi connectivity index (χ1) is 9.88. The lowest BCUT2D eigenvalue weighted by molar-refractivity contribution is 0.237. The molecule has 1 aromatic heterocycles. The van der Waals surface area contributed by atoms with Crippen molar-refractivity contribution in [1.82, 2.24) is 20.0 Å². The molecule has 1 fully saturated rings. The van der Waals surface area contributed by atoms with Crippen molar-refractivity contribution >= 4 is 12.4 Å². The lowest BCUT2D eigenvalue weighted by Crippen LogP contribution is -2.36. The van der Waals surface area contributed by atoms with Crippen LogP contribution < -0.4 is 5.32 Å². The molecule has 1 atom stereocenters. The molecule has 1 unspecified atom stereocenters. The SMILES string of the molecule is CNCC1CCCN1Cc1ccnn1-c1ccccc1.Cl. The summed E-state index contributed by atoms with van der Waals surface area (Å²) in [6, 6.07) is 13.1. The van der Waals surface area contributed by atoms with E-state index in [4.69, 9.17) is 0 Å². The van der Waals surface area contributed by atoms with Gasteiger partial charge in [-0.3, -0.25) is 4.90 Å². The predicted molar refractivity (Wildman–Crippen MR) is 88.2 cm³/mol. The van der Waals surface area contributed by atoms with Crippen molar-refractivity contribution in [3.8, 4) is 5.69 Å². The molecular formula is C16H23ClN4. The highest BCUT2D eigenvalue weighted by Gasteiger charge is 2.24. The Morgan fingerprint density at radius 2 is 2.05 bits per heavy atom. The van der Waals surface area contributed by atoms with E-state index < -0.39 is 0 Å². The van der Waals surface area contributed by atoms with Crippen molar-refractivity contribution in [2.24, 2.45) is 0 Å². The minimum Gasteiger partial charge on any atom is -0.318 e. The van der Waals surface area contributed by atoms with E-state index in [9.17, 15) is 0 Å². The largest absolute Gasteiger partial charge is 0.318 e. The summed E-state index contributed by atoms with van der Waals surface area (Å²) < 4.78 is 2.05. The number of benzene rings is 1. The number of nitrogens with one attached hydrogen (secondary N) is 1. The molecule has 1 aliphatic heterocycles. The Balaban J connectivity index is 0.00000161. The van der Waals surface area contributed by atoms with Crippen molar-refractivity contribution in [3.63, 3.8) is 0 Å². The summed E-state index contributed by atoms with van der Waals surface area (Å²) in [7, 11) is 2.03. The topological polar surface area (TPSA) is 33.1 Å². The molecule has 1 aromatic carbocycles. The van der Waals surface area contributed by atoms with Gasteiger partial charge in [-0.25, -0.2) is 4.68 Å². The number of likely N-dealkylation sites (N-methyl/N-ethyl adjacent to an activating group) is 1. The highest BCUT2D eigenvalue weighted by Crippen LogP contribution is 2.20. The molecule has 3 rings (SSSR count). The first kappa shape index (κ1) is 16.0. The van der Waals surface area contributed by atoms with Gasteiger partial charge in [-0.1, -0.05) is 18.2 Å². The average molecular weight is 307 g/mol. The van der Waals surface area contributed by atoms with Gasteiger partial charge in [0.2, 0.25) is 0 Å². The Morgan fingerprint density at radius 3 is 2.81 bits per heavy atom. The molecule has 0 saturated carbocycles. The number of rotatable bonds is 5. The van der Waals surface area contributed by atoms with Crippen molar-refractivity contribution in [1.29, 1.82) is 0 Å². The number of aromatic nitrogens is 2. The molecule has 1 N–H and O–H groups in total. The second kappa shape index (κ2) is 7.59. The summed E-state index contributed by atoms with van der Waals surface area (Å²) in [4.78, 5) is 2.56. The maximum atomic E-state index is 4.47. The van der Waals surface area contributed by atoms with Gasteiger partial charge in [0.15, 0.2) is 0 Å². The normalized spacial score (nSPS) is 18.6. The molecule has 4 nitrogen and oxygen atoms in total. The van der Waals surface area contributed by atoms with Crippen molar-refractivity contribution in [2.45, 2.75) is 25.4 Å². The summed E-state index contributed by atoms with van der Waals surface area (Å²) >= 11 is 0. The zero-order valence-corrected chi connectivity index (χ0v) is 13.2. The second-order valence-corrected chi connectivity index (χ2v) is 5.39. The summed E-state index contributed by atoms with van der Waals surface area (Å²) in [6.07, 6.45) is 4.48. The number of nitrogens with zero attached hydrogens (tertiary/aromatic N) is 3. The van der Waals surface area contributed by atoms with Crippen LogP contribution in [-0.4, -0.2) is 40.9 Å². The molecular weight excluding hydrogens is 284 g/mol. The van der Waals surface area contributed by atoms with Crippen molar-refractivity contribution in [2.75, 3.05) is 20.1 Å². The number of likely N-dealkylation sites (tertiary alicyclic amines) is 1. The zero-order valence-electron chi connectivity index (χ0n) is 12.4. The maximum Gasteiger partial charge on any atom is 0.0649 e. The maximum absolute atomic E-state index is 4.47. The van der Waals surface area contributed by atoms with Gasteiger partial charge in [-0.2, -0.15) is 5.10 Å². The lowest BCUT2D eigenvalue weighted by Gasteiger charge is -2.24. The predicted octanol–water partition coefficient (Wildman–Crippen LogP) is 2.48. The molecule has 0 amide bonds. The van der Waals surface area contributed by atoms with Crippen LogP contribution in [-0.2, 0) is 6.54 Å². The minimum atomic E-state index is 0. The van der Waals surface area contributed by atoms with Crippen LogP contribution in [0.25, 0.3) is 5.69 Å². The highest BCUT2D eigenvalue weighted by atomic mass is 35.5. The van der Waals surface area contributed by atoms with E-state index in [2.05, 4.69) is 50.3 Å². The van der Waals surface area contributed by atoms with E-state index in [0.29, 0.717) is 6.04 Å². The van der Waals surface area contributed by atoms with Crippen molar-refractivity contribution in [3.05, 3.63) is 48.3 Å². The van der Waals surface area contributed by atoms with E-state index in [1.165, 1.54) is 25.1 Å². The van der Waals surface area contributed by atoms with Crippen molar-refractivity contribution < 1.29 is 0 Å². The molecule has 0 aliphatic carbocycles. The number of hydrogen-bond donors (Lipinski definition) is 1. The summed E-state index contributed by atoms with van der Waals surface area (Å²) in [5.74, 6) is 0. The third-order valence-corrected chi connectivity index (χ3v) is 4.03. The minimum absolute atomic E-state index is 0. The first-order valence-corrected chi connectivity index (χ1v) is 7.35. The van der Waals surface area contributed by atoms with Gasteiger partial charge in [0.25, 0.3) is 0 Å². The summed E-state index contributed by atoms with van der Waals surface area (Å²) in [5.41, 5.74) is 2.40. The van der Waals surface area contributed by atoms with Crippen LogP contribution in [0.3, 0.4) is 0 Å². The van der Waals surface area contributed by atoms with Gasteiger partial charge in [0.1, 0.15) is 0 Å². The molecule has 1 aliphatic rings. The third-order valence-electron chi connectivity index (χ3n) is 4.03. The monoisotopic (exact) mass is 306 g/mol. The Kier molecular flexibility index (Phi) is 5.79. The molecule has 21 heavy (non-hydrogen) atoms. The van der Waals surface area contributed by atoms with E-state index in [1.54, 1.807) is 0 Å². The highest BCUT2D eigenvalue weighted by molar-refractivity contribution is 5.85. The average Bonchev–Trinajstić information content (AvgIpc) is 3.11. The smallest absolute Gasteiger partial charge is 0.0649 e. The Morgan fingerprint density at radius 1 is 1.24 bits per heavy atom. The van der Waals surface area contributed by atoms with Crippen LogP contribution in [0.4, 0.5) is 0 Å². The molecule has 1 saturated heterocycles. The number of halogens is 1. The summed E-state index contributed by atoms with van der Waals surface area (Å²) in [5, 5.41) is 7.78. The van der Waals surface area contributed by atoms with Gasteiger partial charge in [0, 0.05) is 25.3 Å². The van der Waals surface area contributed by atoms with Gasteiger partial charge in [-0.05, 0) is 44.6 Å². The number of hydrogen-bond acceptors (Lipinski definition) is 3. The molecule has 0 spiro atoms. The Bertz CT molecular complexity index is 540. The second-order valence-electron chi connectivity index (χ2n) is 5.39. The fourth-order valence-electron chi connectivity index (χ4n) is 3.03. The van der Waals surface area contributed by atoms with E-state index in [0.717, 1.165) is 18.8 Å². The van der Waals surface area contributed by atoms with Gasteiger partial charge in [-0.15, -0.1) is 12.4 Å². The molecule has 0 radical (unpaired) electrons. The van der Waals surface area contributed by atoms with E-state index in [-0.39, 0.29) is 12.4 Å². The Hall–Kier alpha value is -1.36. The van der Waals surface area contributed by atoms with Gasteiger partial charge < -0.3 is 5.32 Å². The van der Waals surface area contributed by atoms with Crippen LogP contribution >= 0.6 is 12.4 Å². The molecule has 2 aromatic rings. The fourth-order valence-corrected chi connectivity index (χ4v) is 3.03. The fraction of sp³-hybridized carbons (Fsp3) is 0.438. The van der Waals surface area contributed by atoms with Crippen LogP contribution in [0.5, 0.6) is 0 Å². The lowest BCUT2D eigenvalue weighted by atomic mass is 10.2. The standard InChI is InChI=1S/C16H22N4.ClH/c1-17-12-15-8-5-11-19(15)13-16-9-10-18-20(16)14-6-3-2-4-7-14;/h2-4,6-7,9-10,15,17H,5,8,11-13H2,1H3;1H. The summed E-state index contributed by atoms with van der Waals surface area (Å²) in [6.45, 7) is 3.23. The van der Waals surface area contributed by atoms with E-state index in [1.807, 2.05) is 19.3 Å². The zero-order chi connectivity index (χ0) is 13.8. The molecule has 5 heteroatoms. The van der Waals surface area contributed by atoms with Crippen LogP contribution in [0.15, 0.2) is 42.6 Å². The first-order valence-electron chi connectivity index (χ1n) is 7.35. The third kappa shape index (κ3) is 3.64. The number of para-hydroxylation sites is 1. The van der Waals surface area contributed by atoms with Crippen LogP contribution in [0.2, 0.25) is 0 Å². The van der Waals surface area contributed by atoms with Crippen LogP contribution in [0.1, 0.15) is 18.5 Å². The molecule has 0 bridgehead atoms. The quantitative estimate of drug-likeness (QED) is 0.921. The molecule has 2 heterocycles. The van der Waals surface area contributed by atoms with E-state index >= 15 is 0 Å².